The van der Waals surface area contributed by atoms with Gasteiger partial charge in [0.05, 0.1) is 6.54 Å². The minimum atomic E-state index is -0.129. The van der Waals surface area contributed by atoms with Crippen molar-refractivity contribution >= 4 is 45.3 Å². The second kappa shape index (κ2) is 12.0. The molecule has 43 heavy (non-hydrogen) atoms. The maximum Gasteiger partial charge on any atom is 0.260 e. The summed E-state index contributed by atoms with van der Waals surface area (Å²) in [6, 6.07) is 15.8. The van der Waals surface area contributed by atoms with Crippen molar-refractivity contribution in [2.45, 2.75) is 32.4 Å². The van der Waals surface area contributed by atoms with Crippen LogP contribution in [0.15, 0.2) is 82.7 Å². The zero-order valence-corrected chi connectivity index (χ0v) is 25.1. The lowest BCUT2D eigenvalue weighted by Gasteiger charge is -2.24. The van der Waals surface area contributed by atoms with E-state index in [2.05, 4.69) is 31.7 Å². The fourth-order valence-corrected chi connectivity index (χ4v) is 6.59. The van der Waals surface area contributed by atoms with Gasteiger partial charge in [0.15, 0.2) is 0 Å². The van der Waals surface area contributed by atoms with Crippen LogP contribution in [0.3, 0.4) is 0 Å². The van der Waals surface area contributed by atoms with Crippen LogP contribution < -0.4 is 20.9 Å². The molecule has 2 N–H and O–H groups in total. The molecule has 216 valence electrons. The number of pyridine rings is 1. The van der Waals surface area contributed by atoms with Gasteiger partial charge in [-0.15, -0.1) is 22.7 Å². The van der Waals surface area contributed by atoms with Crippen molar-refractivity contribution in [2.75, 3.05) is 18.4 Å². The summed E-state index contributed by atoms with van der Waals surface area (Å²) in [5.41, 5.74) is 4.74. The molecule has 7 rings (SSSR count). The summed E-state index contributed by atoms with van der Waals surface area (Å²) in [4.78, 5) is 32.3. The first-order valence-corrected chi connectivity index (χ1v) is 15.9. The van der Waals surface area contributed by atoms with Gasteiger partial charge in [-0.05, 0) is 73.8 Å². The Morgan fingerprint density at radius 1 is 1.02 bits per heavy atom. The number of nitrogens with zero attached hydrogens (tertiary/aromatic N) is 5. The van der Waals surface area contributed by atoms with Crippen molar-refractivity contribution in [1.82, 2.24) is 29.8 Å². The van der Waals surface area contributed by atoms with Crippen LogP contribution in [0.4, 0.5) is 11.6 Å². The van der Waals surface area contributed by atoms with Crippen LogP contribution >= 0.6 is 22.7 Å². The van der Waals surface area contributed by atoms with E-state index in [1.54, 1.807) is 34.5 Å². The number of benzene rings is 2. The summed E-state index contributed by atoms with van der Waals surface area (Å²) in [6.07, 6.45) is 7.68. The van der Waals surface area contributed by atoms with Crippen LogP contribution in [0.1, 0.15) is 23.4 Å². The van der Waals surface area contributed by atoms with Crippen molar-refractivity contribution in [1.29, 1.82) is 0 Å². The molecule has 1 unspecified atom stereocenters. The number of aromatic nitrogens is 5. The third-order valence-corrected chi connectivity index (χ3v) is 9.05. The molecule has 0 radical (unpaired) electrons. The van der Waals surface area contributed by atoms with Gasteiger partial charge in [0.1, 0.15) is 27.5 Å². The number of rotatable bonds is 8. The molecule has 0 saturated carbocycles. The quantitative estimate of drug-likeness (QED) is 0.209. The number of nitrogens with one attached hydrogen (secondary N) is 2. The molecule has 0 aliphatic carbocycles. The van der Waals surface area contributed by atoms with Crippen LogP contribution in [0.25, 0.3) is 32.7 Å². The van der Waals surface area contributed by atoms with E-state index < -0.39 is 0 Å². The lowest BCUT2D eigenvalue weighted by atomic mass is 9.98. The van der Waals surface area contributed by atoms with Crippen LogP contribution in [0.5, 0.6) is 5.75 Å². The van der Waals surface area contributed by atoms with Crippen molar-refractivity contribution in [3.63, 3.8) is 0 Å². The van der Waals surface area contributed by atoms with Crippen LogP contribution in [0, 0.1) is 6.92 Å². The summed E-state index contributed by atoms with van der Waals surface area (Å²) < 4.78 is 7.81. The standard InChI is InChI=1S/C32H29N7O2S2/c1-20-15-21(30-35-12-14-43-30)4-9-26(20)27-16-22-17-36-32(38-29(22)39(31(27)40)19-28-34-11-13-42-28)37-23-5-7-24(8-6-23)41-25-3-2-10-33-18-25/h4-9,11-17,25,33H,2-3,10,18-19H2,1H3,(H,36,37,38). The highest BCUT2D eigenvalue weighted by molar-refractivity contribution is 7.13. The number of piperidine rings is 1. The van der Waals surface area contributed by atoms with E-state index >= 15 is 0 Å². The second-order valence-corrected chi connectivity index (χ2v) is 12.3. The Hall–Kier alpha value is -4.45. The number of anilines is 2. The molecule has 6 aromatic rings. The molecule has 4 aromatic heterocycles. The predicted molar refractivity (Wildman–Crippen MR) is 173 cm³/mol. The molecule has 1 atom stereocenters. The third kappa shape index (κ3) is 5.92. The average Bonchev–Trinajstić information content (AvgIpc) is 3.76. The molecule has 5 heterocycles. The Balaban J connectivity index is 1.22. The normalized spacial score (nSPS) is 15.0. The number of aryl methyl sites for hydroxylation is 1. The van der Waals surface area contributed by atoms with Crippen LogP contribution in [-0.2, 0) is 6.54 Å². The van der Waals surface area contributed by atoms with Crippen molar-refractivity contribution in [2.24, 2.45) is 0 Å². The minimum Gasteiger partial charge on any atom is -0.489 e. The maximum absolute atomic E-state index is 14.1. The number of fused-ring (bicyclic) bond motifs is 1. The summed E-state index contributed by atoms with van der Waals surface area (Å²) >= 11 is 3.10. The highest BCUT2D eigenvalue weighted by Crippen LogP contribution is 2.30. The van der Waals surface area contributed by atoms with Gasteiger partial charge in [-0.3, -0.25) is 9.36 Å². The molecule has 2 aromatic carbocycles. The van der Waals surface area contributed by atoms with Gasteiger partial charge in [-0.25, -0.2) is 15.0 Å². The molecule has 11 heteroatoms. The summed E-state index contributed by atoms with van der Waals surface area (Å²) in [5.74, 6) is 1.24. The van der Waals surface area contributed by atoms with Gasteiger partial charge in [0, 0.05) is 58.1 Å². The van der Waals surface area contributed by atoms with Crippen molar-refractivity contribution in [3.05, 3.63) is 98.8 Å². The van der Waals surface area contributed by atoms with E-state index in [1.807, 2.05) is 60.1 Å². The molecule has 1 aliphatic heterocycles. The van der Waals surface area contributed by atoms with E-state index in [0.717, 1.165) is 69.5 Å². The van der Waals surface area contributed by atoms with E-state index in [4.69, 9.17) is 9.72 Å². The Morgan fingerprint density at radius 2 is 1.88 bits per heavy atom. The van der Waals surface area contributed by atoms with E-state index in [-0.39, 0.29) is 11.7 Å². The van der Waals surface area contributed by atoms with Gasteiger partial charge in [0.2, 0.25) is 5.95 Å². The fraction of sp³-hybridized carbons (Fsp3) is 0.219. The summed E-state index contributed by atoms with van der Waals surface area (Å²) in [7, 11) is 0. The third-order valence-electron chi connectivity index (χ3n) is 7.46. The van der Waals surface area contributed by atoms with E-state index in [0.29, 0.717) is 23.7 Å². The Bertz CT molecular complexity index is 1910. The zero-order valence-electron chi connectivity index (χ0n) is 23.5. The molecule has 0 spiro atoms. The van der Waals surface area contributed by atoms with Crippen LogP contribution in [0.2, 0.25) is 0 Å². The lowest BCUT2D eigenvalue weighted by Crippen LogP contribution is -2.37. The first-order valence-electron chi connectivity index (χ1n) is 14.1. The van der Waals surface area contributed by atoms with Crippen molar-refractivity contribution in [3.8, 4) is 27.4 Å². The minimum absolute atomic E-state index is 0.129. The molecule has 0 amide bonds. The second-order valence-electron chi connectivity index (χ2n) is 10.5. The first kappa shape index (κ1) is 27.4. The van der Waals surface area contributed by atoms with Gasteiger partial charge in [0.25, 0.3) is 5.56 Å². The molecular formula is C32H29N7O2S2. The molecule has 1 aliphatic rings. The smallest absolute Gasteiger partial charge is 0.260 e. The largest absolute Gasteiger partial charge is 0.489 e. The maximum atomic E-state index is 14.1. The molecule has 1 saturated heterocycles. The lowest BCUT2D eigenvalue weighted by molar-refractivity contribution is 0.167. The van der Waals surface area contributed by atoms with Gasteiger partial charge >= 0.3 is 0 Å². The fourth-order valence-electron chi connectivity index (χ4n) is 5.35. The SMILES string of the molecule is Cc1cc(-c2nccs2)ccc1-c1cc2cnc(Nc3ccc(OC4CCCNC4)cc3)nc2n(Cc2nccs2)c1=O. The Labute approximate surface area is 256 Å². The monoisotopic (exact) mass is 607 g/mol. The average molecular weight is 608 g/mol. The topological polar surface area (TPSA) is 107 Å². The number of thiazole rings is 2. The van der Waals surface area contributed by atoms with E-state index in [1.165, 1.54) is 11.3 Å². The molecule has 0 bridgehead atoms. The van der Waals surface area contributed by atoms with Crippen LogP contribution in [-0.4, -0.2) is 43.7 Å². The highest BCUT2D eigenvalue weighted by Gasteiger charge is 2.18. The number of ether oxygens (including phenoxy) is 1. The predicted octanol–water partition coefficient (Wildman–Crippen LogP) is 6.27. The highest BCUT2D eigenvalue weighted by atomic mass is 32.1. The molecule has 9 nitrogen and oxygen atoms in total. The Kier molecular flexibility index (Phi) is 7.67. The summed E-state index contributed by atoms with van der Waals surface area (Å²) in [5, 5.41) is 13.1. The van der Waals surface area contributed by atoms with Gasteiger partial charge < -0.3 is 15.4 Å². The molecule has 1 fully saturated rings. The summed E-state index contributed by atoms with van der Waals surface area (Å²) in [6.45, 7) is 4.25. The molecular weight excluding hydrogens is 579 g/mol. The number of hydrogen-bond acceptors (Lipinski definition) is 10. The zero-order chi connectivity index (χ0) is 29.2. The Morgan fingerprint density at radius 3 is 2.63 bits per heavy atom. The van der Waals surface area contributed by atoms with Gasteiger partial charge in [-0.2, -0.15) is 4.98 Å². The van der Waals surface area contributed by atoms with E-state index in [9.17, 15) is 4.79 Å². The number of hydrogen-bond donors (Lipinski definition) is 2. The van der Waals surface area contributed by atoms with Crippen molar-refractivity contribution < 1.29 is 4.74 Å². The van der Waals surface area contributed by atoms with Gasteiger partial charge in [-0.1, -0.05) is 12.1 Å². The first-order chi connectivity index (χ1) is 21.1.